The SMILES string of the molecule is CCc1ncnc(NC2CCN3CCCC23)c1F. The lowest BCUT2D eigenvalue weighted by molar-refractivity contribution is 0.318. The summed E-state index contributed by atoms with van der Waals surface area (Å²) in [4.78, 5) is 10.5. The van der Waals surface area contributed by atoms with Gasteiger partial charge in [-0.1, -0.05) is 6.92 Å². The Morgan fingerprint density at radius 1 is 1.39 bits per heavy atom. The molecule has 0 bridgehead atoms. The molecular weight excluding hydrogens is 231 g/mol. The predicted octanol–water partition coefficient (Wildman–Crippen LogP) is 1.83. The van der Waals surface area contributed by atoms with E-state index in [4.69, 9.17) is 0 Å². The molecule has 1 aromatic rings. The van der Waals surface area contributed by atoms with Gasteiger partial charge in [0.1, 0.15) is 6.33 Å². The van der Waals surface area contributed by atoms with Crippen molar-refractivity contribution in [3.8, 4) is 0 Å². The van der Waals surface area contributed by atoms with E-state index >= 15 is 0 Å². The Labute approximate surface area is 107 Å². The largest absolute Gasteiger partial charge is 0.363 e. The monoisotopic (exact) mass is 250 g/mol. The number of rotatable bonds is 3. The number of fused-ring (bicyclic) bond motifs is 1. The van der Waals surface area contributed by atoms with Gasteiger partial charge in [-0.05, 0) is 32.2 Å². The maximum absolute atomic E-state index is 14.1. The first-order valence-electron chi connectivity index (χ1n) is 6.79. The van der Waals surface area contributed by atoms with Crippen molar-refractivity contribution in [2.75, 3.05) is 18.4 Å². The molecular formula is C13H19FN4. The number of anilines is 1. The molecule has 2 aliphatic heterocycles. The molecule has 0 spiro atoms. The third-order valence-corrected chi connectivity index (χ3v) is 4.12. The van der Waals surface area contributed by atoms with Crippen molar-refractivity contribution in [1.82, 2.24) is 14.9 Å². The third-order valence-electron chi connectivity index (χ3n) is 4.12. The van der Waals surface area contributed by atoms with Gasteiger partial charge in [-0.3, -0.25) is 4.90 Å². The number of hydrogen-bond donors (Lipinski definition) is 1. The molecule has 3 rings (SSSR count). The van der Waals surface area contributed by atoms with Gasteiger partial charge in [0.15, 0.2) is 11.6 Å². The van der Waals surface area contributed by atoms with Crippen molar-refractivity contribution >= 4 is 5.82 Å². The highest BCUT2D eigenvalue weighted by Crippen LogP contribution is 2.30. The summed E-state index contributed by atoms with van der Waals surface area (Å²) >= 11 is 0. The van der Waals surface area contributed by atoms with Gasteiger partial charge >= 0.3 is 0 Å². The van der Waals surface area contributed by atoms with Gasteiger partial charge in [0, 0.05) is 18.6 Å². The topological polar surface area (TPSA) is 41.1 Å². The van der Waals surface area contributed by atoms with Crippen LogP contribution in [0.5, 0.6) is 0 Å². The lowest BCUT2D eigenvalue weighted by Crippen LogP contribution is -2.34. The number of aryl methyl sites for hydroxylation is 1. The highest BCUT2D eigenvalue weighted by molar-refractivity contribution is 5.39. The van der Waals surface area contributed by atoms with Gasteiger partial charge < -0.3 is 5.32 Å². The molecule has 2 fully saturated rings. The second-order valence-corrected chi connectivity index (χ2v) is 5.12. The van der Waals surface area contributed by atoms with Crippen LogP contribution in [0.4, 0.5) is 10.2 Å². The van der Waals surface area contributed by atoms with E-state index in [1.807, 2.05) is 6.92 Å². The van der Waals surface area contributed by atoms with Gasteiger partial charge in [-0.25, -0.2) is 14.4 Å². The first-order chi connectivity index (χ1) is 8.79. The number of nitrogens with one attached hydrogen (secondary N) is 1. The summed E-state index contributed by atoms with van der Waals surface area (Å²) in [6.45, 7) is 4.22. The van der Waals surface area contributed by atoms with Crippen molar-refractivity contribution in [1.29, 1.82) is 0 Å². The van der Waals surface area contributed by atoms with Crippen LogP contribution in [0.3, 0.4) is 0 Å². The Morgan fingerprint density at radius 2 is 2.28 bits per heavy atom. The number of nitrogens with zero attached hydrogens (tertiary/aromatic N) is 3. The van der Waals surface area contributed by atoms with Crippen LogP contribution in [0, 0.1) is 5.82 Å². The molecule has 2 unspecified atom stereocenters. The van der Waals surface area contributed by atoms with Crippen LogP contribution in [0.25, 0.3) is 0 Å². The summed E-state index contributed by atoms with van der Waals surface area (Å²) in [6, 6.07) is 0.894. The quantitative estimate of drug-likeness (QED) is 0.888. The molecule has 3 heterocycles. The van der Waals surface area contributed by atoms with Crippen LogP contribution < -0.4 is 5.32 Å². The lowest BCUT2D eigenvalue weighted by Gasteiger charge is -2.22. The summed E-state index contributed by atoms with van der Waals surface area (Å²) in [5.41, 5.74) is 0.494. The zero-order valence-electron chi connectivity index (χ0n) is 10.7. The van der Waals surface area contributed by atoms with Gasteiger partial charge in [-0.15, -0.1) is 0 Å². The zero-order chi connectivity index (χ0) is 12.5. The number of aromatic nitrogens is 2. The normalized spacial score (nSPS) is 27.4. The van der Waals surface area contributed by atoms with E-state index in [0.29, 0.717) is 30.0 Å². The minimum absolute atomic E-state index is 0.281. The Kier molecular flexibility index (Phi) is 3.16. The van der Waals surface area contributed by atoms with Crippen molar-refractivity contribution in [2.24, 2.45) is 0 Å². The molecule has 2 saturated heterocycles. The second kappa shape index (κ2) is 4.80. The first-order valence-corrected chi connectivity index (χ1v) is 6.79. The van der Waals surface area contributed by atoms with Crippen LogP contribution in [-0.2, 0) is 6.42 Å². The standard InChI is InChI=1S/C13H19FN4/c1-2-9-12(14)13(16-8-15-9)17-10-5-7-18-6-3-4-11(10)18/h8,10-11H,2-7H2,1H3,(H,15,16,17). The zero-order valence-corrected chi connectivity index (χ0v) is 10.7. The highest BCUT2D eigenvalue weighted by atomic mass is 19.1. The van der Waals surface area contributed by atoms with E-state index < -0.39 is 0 Å². The molecule has 4 nitrogen and oxygen atoms in total. The van der Waals surface area contributed by atoms with Crippen molar-refractivity contribution in [3.05, 3.63) is 17.8 Å². The maximum atomic E-state index is 14.1. The highest BCUT2D eigenvalue weighted by Gasteiger charge is 2.37. The Morgan fingerprint density at radius 3 is 3.11 bits per heavy atom. The molecule has 18 heavy (non-hydrogen) atoms. The van der Waals surface area contributed by atoms with Crippen LogP contribution in [0.15, 0.2) is 6.33 Å². The van der Waals surface area contributed by atoms with E-state index in [9.17, 15) is 4.39 Å². The first kappa shape index (κ1) is 11.8. The summed E-state index contributed by atoms with van der Waals surface area (Å²) in [7, 11) is 0. The molecule has 0 radical (unpaired) electrons. The van der Waals surface area contributed by atoms with Gasteiger partial charge in [0.2, 0.25) is 0 Å². The fourth-order valence-corrected chi connectivity index (χ4v) is 3.18. The molecule has 98 valence electrons. The van der Waals surface area contributed by atoms with E-state index in [0.717, 1.165) is 13.0 Å². The van der Waals surface area contributed by atoms with Crippen LogP contribution >= 0.6 is 0 Å². The minimum Gasteiger partial charge on any atom is -0.363 e. The molecule has 5 heteroatoms. The summed E-state index contributed by atoms with van der Waals surface area (Å²) in [5.74, 6) is 0.0945. The number of halogens is 1. The lowest BCUT2D eigenvalue weighted by atomic mass is 10.1. The molecule has 0 aliphatic carbocycles. The predicted molar refractivity (Wildman–Crippen MR) is 68.0 cm³/mol. The van der Waals surface area contributed by atoms with Crippen molar-refractivity contribution < 1.29 is 4.39 Å². The van der Waals surface area contributed by atoms with Gasteiger partial charge in [0.25, 0.3) is 0 Å². The van der Waals surface area contributed by atoms with Gasteiger partial charge in [0.05, 0.1) is 5.69 Å². The Bertz CT molecular complexity index is 437. The van der Waals surface area contributed by atoms with E-state index in [-0.39, 0.29) is 5.82 Å². The molecule has 2 aliphatic rings. The Balaban J connectivity index is 1.76. The molecule has 1 aromatic heterocycles. The second-order valence-electron chi connectivity index (χ2n) is 5.12. The van der Waals surface area contributed by atoms with Crippen LogP contribution in [0.2, 0.25) is 0 Å². The summed E-state index contributed by atoms with van der Waals surface area (Å²) < 4.78 is 14.1. The van der Waals surface area contributed by atoms with E-state index in [1.165, 1.54) is 25.7 Å². The summed E-state index contributed by atoms with van der Waals surface area (Å²) in [5, 5.41) is 3.29. The third kappa shape index (κ3) is 1.96. The van der Waals surface area contributed by atoms with E-state index in [1.54, 1.807) is 0 Å². The van der Waals surface area contributed by atoms with Crippen LogP contribution in [0.1, 0.15) is 31.9 Å². The average molecular weight is 250 g/mol. The molecule has 0 amide bonds. The molecule has 1 N–H and O–H groups in total. The fraction of sp³-hybridized carbons (Fsp3) is 0.692. The average Bonchev–Trinajstić information content (AvgIpc) is 2.96. The minimum atomic E-state index is -0.281. The van der Waals surface area contributed by atoms with E-state index in [2.05, 4.69) is 20.2 Å². The smallest absolute Gasteiger partial charge is 0.186 e. The Hall–Kier alpha value is -1.23. The number of hydrogen-bond acceptors (Lipinski definition) is 4. The van der Waals surface area contributed by atoms with Crippen molar-refractivity contribution in [3.63, 3.8) is 0 Å². The van der Waals surface area contributed by atoms with Gasteiger partial charge in [-0.2, -0.15) is 0 Å². The maximum Gasteiger partial charge on any atom is 0.186 e. The summed E-state index contributed by atoms with van der Waals surface area (Å²) in [6.07, 6.45) is 5.60. The molecule has 0 saturated carbocycles. The molecule has 2 atom stereocenters. The van der Waals surface area contributed by atoms with Crippen LogP contribution in [-0.4, -0.2) is 40.0 Å². The fourth-order valence-electron chi connectivity index (χ4n) is 3.18. The van der Waals surface area contributed by atoms with Crippen molar-refractivity contribution in [2.45, 2.75) is 44.7 Å². The molecule has 0 aromatic carbocycles.